The summed E-state index contributed by atoms with van der Waals surface area (Å²) in [5.74, 6) is 14.0. The van der Waals surface area contributed by atoms with E-state index in [0.717, 1.165) is 141 Å². The number of allylic oxidation sites excluding steroid dienone is 4. The lowest BCUT2D eigenvalue weighted by molar-refractivity contribution is -0.144. The van der Waals surface area contributed by atoms with Crippen molar-refractivity contribution in [2.24, 2.45) is 0 Å². The number of rotatable bonds is 36. The largest absolute Gasteiger partial charge is 0.466 e. The first-order valence-electron chi connectivity index (χ1n) is 31.5. The standard InChI is InChI=1S/C70H102N4O4/c1-9-13-17-21-25-27-29-31-33-37-41-57-53(5)61-49-62-55(7)59(43-45-69(75)77-47-39-35-23-19-15-11-3)67(72-62)52-68-60(44-46-70(76)78-48-40-36-24-20-16-12-4)56(8)64(74-68)51-66-58(54(6)63(73-66)50-65(57)71-61)42-38-34-32-30-28-26-22-18-14-10-2/h49-52,72,74H,9-36,39-40,43-48H2,1-8H3. The lowest BCUT2D eigenvalue weighted by atomic mass is 10.0. The summed E-state index contributed by atoms with van der Waals surface area (Å²) >= 11 is 0. The maximum Gasteiger partial charge on any atom is 0.306 e. The van der Waals surface area contributed by atoms with E-state index >= 15 is 0 Å². The van der Waals surface area contributed by atoms with Crippen molar-refractivity contribution in [3.8, 4) is 23.7 Å². The van der Waals surface area contributed by atoms with E-state index in [9.17, 15) is 9.59 Å². The smallest absolute Gasteiger partial charge is 0.306 e. The van der Waals surface area contributed by atoms with Crippen LogP contribution in [0.5, 0.6) is 0 Å². The third-order valence-corrected chi connectivity index (χ3v) is 16.0. The summed E-state index contributed by atoms with van der Waals surface area (Å²) < 4.78 is 11.6. The SMILES string of the molecule is CCCCCCCCCCC#CC1=C(C)c2cc3[nH]c(cc4[nH]c(cc5nc(cc1n2)C(C)=C5C#CCCCCCCCCCC)c(C)c4CCC(=O)OCCCCCCCC)c(CCC(=O)OCCCCCCCC)c3C. The Labute approximate surface area is 473 Å². The minimum atomic E-state index is -0.177. The Hall–Kier alpha value is -5.34. The van der Waals surface area contributed by atoms with Crippen LogP contribution in [0.1, 0.15) is 292 Å². The Morgan fingerprint density at radius 1 is 0.410 bits per heavy atom. The van der Waals surface area contributed by atoms with Crippen LogP contribution >= 0.6 is 0 Å². The van der Waals surface area contributed by atoms with Crippen LogP contribution in [0.3, 0.4) is 0 Å². The van der Waals surface area contributed by atoms with E-state index in [1.54, 1.807) is 0 Å². The van der Waals surface area contributed by atoms with Gasteiger partial charge in [-0.3, -0.25) is 9.59 Å². The van der Waals surface area contributed by atoms with Crippen molar-refractivity contribution in [3.05, 3.63) is 69.3 Å². The minimum absolute atomic E-state index is 0.177. The number of esters is 2. The molecule has 0 radical (unpaired) electrons. The van der Waals surface area contributed by atoms with Crippen molar-refractivity contribution < 1.29 is 19.1 Å². The van der Waals surface area contributed by atoms with Crippen LogP contribution in [0.15, 0.2) is 24.3 Å². The van der Waals surface area contributed by atoms with Crippen LogP contribution < -0.4 is 0 Å². The molecule has 0 aliphatic carbocycles. The Balaban J connectivity index is 1.59. The maximum absolute atomic E-state index is 13.4. The molecule has 0 saturated carbocycles. The third-order valence-electron chi connectivity index (χ3n) is 16.0. The third kappa shape index (κ3) is 21.4. The molecule has 2 aliphatic rings. The van der Waals surface area contributed by atoms with Crippen molar-refractivity contribution in [1.29, 1.82) is 0 Å². The molecular weight excluding hydrogens is 961 g/mol. The molecule has 3 aromatic rings. The molecule has 0 fully saturated rings. The molecule has 0 spiro atoms. The van der Waals surface area contributed by atoms with E-state index in [1.165, 1.54) is 141 Å². The van der Waals surface area contributed by atoms with Gasteiger partial charge in [-0.1, -0.05) is 205 Å². The van der Waals surface area contributed by atoms with Crippen molar-refractivity contribution in [2.45, 2.75) is 274 Å². The second-order valence-corrected chi connectivity index (χ2v) is 22.5. The number of aromatic nitrogens is 4. The van der Waals surface area contributed by atoms with Crippen molar-refractivity contribution >= 4 is 56.3 Å². The monoisotopic (exact) mass is 1060 g/mol. The minimum Gasteiger partial charge on any atom is -0.466 e. The molecule has 426 valence electrons. The number of ether oxygens (including phenoxy) is 2. The fourth-order valence-corrected chi connectivity index (χ4v) is 10.8. The van der Waals surface area contributed by atoms with Gasteiger partial charge in [0.15, 0.2) is 0 Å². The summed E-state index contributed by atoms with van der Waals surface area (Å²) in [6, 6.07) is 8.57. The lowest BCUT2D eigenvalue weighted by Gasteiger charge is -2.06. The first kappa shape index (κ1) is 63.5. The van der Waals surface area contributed by atoms with E-state index in [0.29, 0.717) is 26.1 Å². The molecule has 0 amide bonds. The zero-order valence-electron chi connectivity index (χ0n) is 50.3. The predicted molar refractivity (Wildman–Crippen MR) is 331 cm³/mol. The van der Waals surface area contributed by atoms with Crippen molar-refractivity contribution in [1.82, 2.24) is 19.9 Å². The summed E-state index contributed by atoms with van der Waals surface area (Å²) in [6.07, 6.45) is 37.2. The van der Waals surface area contributed by atoms with Gasteiger partial charge in [-0.15, -0.1) is 0 Å². The molecule has 5 heterocycles. The number of hydrogen-bond acceptors (Lipinski definition) is 6. The molecule has 0 unspecified atom stereocenters. The fourth-order valence-electron chi connectivity index (χ4n) is 10.8. The second-order valence-electron chi connectivity index (χ2n) is 22.5. The number of fused-ring (bicyclic) bond motifs is 8. The molecule has 0 aromatic carbocycles. The number of aromatic amines is 2. The van der Waals surface area contributed by atoms with Gasteiger partial charge in [-0.25, -0.2) is 9.97 Å². The van der Waals surface area contributed by atoms with Crippen LogP contribution in [0.25, 0.3) is 44.4 Å². The van der Waals surface area contributed by atoms with E-state index in [2.05, 4.69) is 113 Å². The zero-order chi connectivity index (χ0) is 55.7. The molecule has 0 atom stereocenters. The highest BCUT2D eigenvalue weighted by atomic mass is 16.5. The van der Waals surface area contributed by atoms with Crippen LogP contribution in [0.2, 0.25) is 0 Å². The molecule has 8 nitrogen and oxygen atoms in total. The molecule has 2 aliphatic heterocycles. The van der Waals surface area contributed by atoms with Gasteiger partial charge >= 0.3 is 11.9 Å². The predicted octanol–water partition coefficient (Wildman–Crippen LogP) is 19.5. The van der Waals surface area contributed by atoms with Gasteiger partial charge in [-0.2, -0.15) is 0 Å². The van der Waals surface area contributed by atoms with Crippen LogP contribution in [0.4, 0.5) is 0 Å². The Morgan fingerprint density at radius 3 is 1.14 bits per heavy atom. The number of hydrogen-bond donors (Lipinski definition) is 2. The molecule has 3 aromatic heterocycles. The van der Waals surface area contributed by atoms with Gasteiger partial charge in [0.2, 0.25) is 0 Å². The van der Waals surface area contributed by atoms with E-state index in [1.807, 2.05) is 0 Å². The highest BCUT2D eigenvalue weighted by Crippen LogP contribution is 2.35. The van der Waals surface area contributed by atoms with E-state index < -0.39 is 0 Å². The first-order valence-corrected chi connectivity index (χ1v) is 31.5. The Morgan fingerprint density at radius 2 is 0.744 bits per heavy atom. The number of nitrogens with one attached hydrogen (secondary N) is 2. The molecular formula is C70H102N4O4. The average Bonchev–Trinajstić information content (AvgIpc) is 4.23. The van der Waals surface area contributed by atoms with Gasteiger partial charge in [0, 0.05) is 47.8 Å². The van der Waals surface area contributed by atoms with Gasteiger partial charge < -0.3 is 19.4 Å². The highest BCUT2D eigenvalue weighted by Gasteiger charge is 2.22. The van der Waals surface area contributed by atoms with Gasteiger partial charge in [0.1, 0.15) is 0 Å². The summed E-state index contributed by atoms with van der Waals surface area (Å²) in [5, 5.41) is 0. The van der Waals surface area contributed by atoms with Gasteiger partial charge in [0.05, 0.1) is 47.1 Å². The number of unbranched alkanes of at least 4 members (excludes halogenated alkanes) is 26. The number of aryl methyl sites for hydroxylation is 4. The average molecular weight is 1060 g/mol. The number of carbonyl (C=O) groups is 2. The molecule has 2 N–H and O–H groups in total. The van der Waals surface area contributed by atoms with Crippen LogP contribution in [-0.4, -0.2) is 45.1 Å². The quantitative estimate of drug-likeness (QED) is 0.0341. The summed E-state index contributed by atoms with van der Waals surface area (Å²) in [7, 11) is 0. The maximum atomic E-state index is 13.4. The van der Waals surface area contributed by atoms with Gasteiger partial charge in [0.25, 0.3) is 0 Å². The molecule has 5 rings (SSSR count). The van der Waals surface area contributed by atoms with Crippen molar-refractivity contribution in [3.63, 3.8) is 0 Å². The van der Waals surface area contributed by atoms with Gasteiger partial charge in [-0.05, 0) is 124 Å². The summed E-state index contributed by atoms with van der Waals surface area (Å²) in [4.78, 5) is 45.0. The lowest BCUT2D eigenvalue weighted by Crippen LogP contribution is -2.07. The van der Waals surface area contributed by atoms with E-state index in [4.69, 9.17) is 19.4 Å². The second kappa shape index (κ2) is 36.8. The number of H-pyrrole nitrogens is 2. The van der Waals surface area contributed by atoms with Crippen LogP contribution in [-0.2, 0) is 31.9 Å². The summed E-state index contributed by atoms with van der Waals surface area (Å²) in [6.45, 7) is 18.5. The Bertz CT molecular complexity index is 2710. The molecule has 8 heteroatoms. The normalized spacial score (nSPS) is 12.2. The number of carbonyl (C=O) groups excluding carboxylic acids is 2. The molecule has 78 heavy (non-hydrogen) atoms. The van der Waals surface area contributed by atoms with E-state index in [-0.39, 0.29) is 24.8 Å². The Kier molecular flexibility index (Phi) is 29.9. The summed E-state index contributed by atoms with van der Waals surface area (Å²) in [5.41, 5.74) is 15.1. The highest BCUT2D eigenvalue weighted by molar-refractivity contribution is 6.02. The number of nitrogens with zero attached hydrogens (tertiary/aromatic N) is 2. The molecule has 0 saturated heterocycles. The van der Waals surface area contributed by atoms with Crippen molar-refractivity contribution in [2.75, 3.05) is 13.2 Å². The fraction of sp³-hybridized carbons (Fsp3) is 0.629. The zero-order valence-corrected chi connectivity index (χ0v) is 50.3. The topological polar surface area (TPSA) is 110 Å². The van der Waals surface area contributed by atoms with Crippen LogP contribution in [0, 0.1) is 37.5 Å². The first-order chi connectivity index (χ1) is 38.1. The molecule has 8 bridgehead atoms.